The summed E-state index contributed by atoms with van der Waals surface area (Å²) < 4.78 is 13.2. The fourth-order valence-electron chi connectivity index (χ4n) is 3.26. The van der Waals surface area contributed by atoms with Gasteiger partial charge in [0.1, 0.15) is 5.69 Å². The van der Waals surface area contributed by atoms with Crippen LogP contribution < -0.4 is 15.0 Å². The van der Waals surface area contributed by atoms with Gasteiger partial charge in [0.2, 0.25) is 11.6 Å². The Balaban J connectivity index is 1.91. The molecule has 0 aliphatic heterocycles. The third kappa shape index (κ3) is 4.30. The second-order valence-electron chi connectivity index (χ2n) is 6.77. The Kier molecular flexibility index (Phi) is 6.39. The van der Waals surface area contributed by atoms with Gasteiger partial charge in [-0.15, -0.1) is 10.2 Å². The van der Waals surface area contributed by atoms with Crippen molar-refractivity contribution in [3.63, 3.8) is 0 Å². The van der Waals surface area contributed by atoms with Crippen LogP contribution in [-0.2, 0) is 0 Å². The third-order valence-corrected chi connectivity index (χ3v) is 5.29. The lowest BCUT2D eigenvalue weighted by atomic mass is 10.3. The molecule has 1 N–H and O–H groups in total. The van der Waals surface area contributed by atoms with E-state index in [0.29, 0.717) is 38.6 Å². The van der Waals surface area contributed by atoms with E-state index < -0.39 is 11.4 Å². The summed E-state index contributed by atoms with van der Waals surface area (Å²) >= 11 is 12.0. The van der Waals surface area contributed by atoms with E-state index in [-0.39, 0.29) is 5.69 Å². The molecular weight excluding hydrogens is 467 g/mol. The molecule has 0 amide bonds. The molecule has 168 valence electrons. The van der Waals surface area contributed by atoms with Gasteiger partial charge in [-0.25, -0.2) is 9.36 Å². The van der Waals surface area contributed by atoms with E-state index in [4.69, 9.17) is 32.7 Å². The van der Waals surface area contributed by atoms with Crippen LogP contribution in [0.4, 0.5) is 11.4 Å². The molecule has 4 aromatic rings. The Bertz CT molecular complexity index is 1380. The van der Waals surface area contributed by atoms with Crippen LogP contribution in [0.3, 0.4) is 0 Å². The van der Waals surface area contributed by atoms with Gasteiger partial charge in [0.15, 0.2) is 11.5 Å². The maximum atomic E-state index is 13.3. The second-order valence-corrected chi connectivity index (χ2v) is 7.64. The minimum Gasteiger partial charge on any atom is -0.493 e. The van der Waals surface area contributed by atoms with E-state index in [0.717, 1.165) is 0 Å². The number of benzene rings is 3. The molecule has 1 aromatic heterocycles. The van der Waals surface area contributed by atoms with Crippen molar-refractivity contribution < 1.29 is 14.6 Å². The first kappa shape index (κ1) is 22.4. The number of azo groups is 1. The highest BCUT2D eigenvalue weighted by molar-refractivity contribution is 6.30. The lowest BCUT2D eigenvalue weighted by Gasteiger charge is -2.12. The first-order chi connectivity index (χ1) is 15.9. The van der Waals surface area contributed by atoms with Crippen molar-refractivity contribution in [3.05, 3.63) is 87.1 Å². The highest BCUT2D eigenvalue weighted by Crippen LogP contribution is 2.38. The number of hydrogen-bond acceptors (Lipinski definition) is 6. The third-order valence-electron chi connectivity index (χ3n) is 4.79. The van der Waals surface area contributed by atoms with Crippen molar-refractivity contribution in [1.82, 2.24) is 9.36 Å². The molecule has 0 bridgehead atoms. The second kappa shape index (κ2) is 9.40. The van der Waals surface area contributed by atoms with Gasteiger partial charge in [-0.05, 0) is 60.7 Å². The van der Waals surface area contributed by atoms with Gasteiger partial charge in [0, 0.05) is 10.0 Å². The number of para-hydroxylation sites is 1. The van der Waals surface area contributed by atoms with Crippen LogP contribution in [0.2, 0.25) is 10.0 Å². The summed E-state index contributed by atoms with van der Waals surface area (Å²) in [7, 11) is 2.97. The van der Waals surface area contributed by atoms with E-state index in [1.165, 1.54) is 23.6 Å². The van der Waals surface area contributed by atoms with Crippen molar-refractivity contribution in [1.29, 1.82) is 0 Å². The quantitative estimate of drug-likeness (QED) is 0.336. The van der Waals surface area contributed by atoms with Crippen LogP contribution >= 0.6 is 23.2 Å². The standard InChI is InChI=1S/C23H18Cl2N4O4/c1-32-19-5-3-4-18(21(19)33-2)26-27-20-22(30)28(16-10-6-14(24)7-11-16)29(23(20)31)17-12-8-15(25)9-13-17/h3-13,30H,1-2H3. The van der Waals surface area contributed by atoms with Crippen molar-refractivity contribution in [3.8, 4) is 28.8 Å². The molecule has 0 atom stereocenters. The molecule has 0 aliphatic rings. The van der Waals surface area contributed by atoms with Crippen LogP contribution in [0.5, 0.6) is 17.4 Å². The number of rotatable bonds is 6. The van der Waals surface area contributed by atoms with E-state index in [9.17, 15) is 9.90 Å². The molecule has 0 radical (unpaired) electrons. The summed E-state index contributed by atoms with van der Waals surface area (Å²) in [6, 6.07) is 18.3. The summed E-state index contributed by atoms with van der Waals surface area (Å²) in [5, 5.41) is 20.2. The van der Waals surface area contributed by atoms with E-state index >= 15 is 0 Å². The van der Waals surface area contributed by atoms with Crippen LogP contribution in [0.1, 0.15) is 0 Å². The summed E-state index contributed by atoms with van der Waals surface area (Å²) in [5.41, 5.74) is 0.438. The van der Waals surface area contributed by atoms with E-state index in [2.05, 4.69) is 10.2 Å². The summed E-state index contributed by atoms with van der Waals surface area (Å²) in [6.07, 6.45) is 0. The van der Waals surface area contributed by atoms with E-state index in [1.807, 2.05) is 0 Å². The van der Waals surface area contributed by atoms with Gasteiger partial charge in [0.25, 0.3) is 0 Å². The first-order valence-electron chi connectivity index (χ1n) is 9.66. The highest BCUT2D eigenvalue weighted by Gasteiger charge is 2.22. The zero-order valence-corrected chi connectivity index (χ0v) is 19.1. The summed E-state index contributed by atoms with van der Waals surface area (Å²) in [5.74, 6) is 0.400. The molecule has 3 aromatic carbocycles. The number of aromatic hydroxyl groups is 1. The first-order valence-corrected chi connectivity index (χ1v) is 10.4. The average Bonchev–Trinajstić information content (AvgIpc) is 3.07. The Morgan fingerprint density at radius 2 is 1.36 bits per heavy atom. The molecular formula is C23H18Cl2N4O4. The summed E-state index contributed by atoms with van der Waals surface area (Å²) in [6.45, 7) is 0. The van der Waals surface area contributed by atoms with Crippen LogP contribution in [0.25, 0.3) is 11.4 Å². The zero-order valence-electron chi connectivity index (χ0n) is 17.6. The lowest BCUT2D eigenvalue weighted by Crippen LogP contribution is -2.20. The van der Waals surface area contributed by atoms with Crippen LogP contribution in [0.15, 0.2) is 81.8 Å². The van der Waals surface area contributed by atoms with Gasteiger partial charge >= 0.3 is 5.56 Å². The molecule has 0 fully saturated rings. The molecule has 0 unspecified atom stereocenters. The number of halogens is 2. The van der Waals surface area contributed by atoms with Gasteiger partial charge in [0.05, 0.1) is 25.6 Å². The Morgan fingerprint density at radius 3 is 1.91 bits per heavy atom. The smallest absolute Gasteiger partial charge is 0.303 e. The zero-order chi connectivity index (χ0) is 23.5. The summed E-state index contributed by atoms with van der Waals surface area (Å²) in [4.78, 5) is 13.3. The maximum Gasteiger partial charge on any atom is 0.303 e. The Labute approximate surface area is 198 Å². The number of nitrogens with zero attached hydrogens (tertiary/aromatic N) is 4. The fraction of sp³-hybridized carbons (Fsp3) is 0.0870. The highest BCUT2D eigenvalue weighted by atomic mass is 35.5. The molecule has 0 spiro atoms. The molecule has 33 heavy (non-hydrogen) atoms. The molecule has 4 rings (SSSR count). The molecule has 0 saturated heterocycles. The minimum absolute atomic E-state index is 0.259. The van der Waals surface area contributed by atoms with Gasteiger partial charge in [-0.3, -0.25) is 4.79 Å². The van der Waals surface area contributed by atoms with Gasteiger partial charge in [-0.2, -0.15) is 0 Å². The maximum absolute atomic E-state index is 13.3. The number of hydrogen-bond donors (Lipinski definition) is 1. The number of methoxy groups -OCH3 is 2. The minimum atomic E-state index is -0.588. The average molecular weight is 485 g/mol. The molecule has 0 aliphatic carbocycles. The monoisotopic (exact) mass is 484 g/mol. The van der Waals surface area contributed by atoms with E-state index in [1.54, 1.807) is 66.7 Å². The van der Waals surface area contributed by atoms with Crippen LogP contribution in [0, 0.1) is 0 Å². The van der Waals surface area contributed by atoms with Crippen molar-refractivity contribution in [2.75, 3.05) is 14.2 Å². The molecule has 1 heterocycles. The largest absolute Gasteiger partial charge is 0.493 e. The molecule has 0 saturated carbocycles. The fourth-order valence-corrected chi connectivity index (χ4v) is 3.51. The van der Waals surface area contributed by atoms with Crippen LogP contribution in [-0.4, -0.2) is 28.7 Å². The van der Waals surface area contributed by atoms with Crippen molar-refractivity contribution >= 4 is 34.6 Å². The van der Waals surface area contributed by atoms with Crippen molar-refractivity contribution in [2.24, 2.45) is 10.2 Å². The predicted octanol–water partition coefficient (Wildman–Crippen LogP) is 6.07. The Hall–Kier alpha value is -3.75. The van der Waals surface area contributed by atoms with Gasteiger partial charge in [-0.1, -0.05) is 29.3 Å². The number of ether oxygens (including phenoxy) is 2. The molecule has 8 nitrogen and oxygen atoms in total. The predicted molar refractivity (Wildman–Crippen MR) is 127 cm³/mol. The number of aromatic nitrogens is 2. The molecule has 10 heteroatoms. The normalized spacial score (nSPS) is 11.2. The lowest BCUT2D eigenvalue weighted by molar-refractivity contribution is 0.356. The van der Waals surface area contributed by atoms with Crippen molar-refractivity contribution in [2.45, 2.75) is 0 Å². The Morgan fingerprint density at radius 1 is 0.788 bits per heavy atom. The topological polar surface area (TPSA) is 90.3 Å². The SMILES string of the molecule is COc1cccc(N=Nc2c(O)n(-c3ccc(Cl)cc3)n(-c3ccc(Cl)cc3)c2=O)c1OC. The van der Waals surface area contributed by atoms with Gasteiger partial charge < -0.3 is 14.6 Å².